The number of hydrogen-bond acceptors (Lipinski definition) is 10. The zero-order valence-corrected chi connectivity index (χ0v) is 16.3. The standard InChI is InChI=1S/C17H23NO10/c1-9(15(23)27-17(3,4)5)25-14(22)8-11(26-10(2)19)16(24)28-18-12(20)6-7-13(18)21/h9,11H,6-8H2,1-5H3/t9-,11-/m0/s1. The maximum absolute atomic E-state index is 12.1. The van der Waals surface area contributed by atoms with Crippen LogP contribution in [0.3, 0.4) is 0 Å². The van der Waals surface area contributed by atoms with Crippen LogP contribution in [0.25, 0.3) is 0 Å². The molecule has 0 spiro atoms. The third-order valence-electron chi connectivity index (χ3n) is 3.16. The average molecular weight is 401 g/mol. The molecule has 11 heteroatoms. The van der Waals surface area contributed by atoms with Crippen molar-refractivity contribution in [1.82, 2.24) is 5.06 Å². The highest BCUT2D eigenvalue weighted by Gasteiger charge is 2.37. The number of carbonyl (C=O) groups is 6. The maximum atomic E-state index is 12.1. The van der Waals surface area contributed by atoms with Crippen LogP contribution in [0.1, 0.15) is 53.9 Å². The second kappa shape index (κ2) is 9.29. The Bertz CT molecular complexity index is 662. The van der Waals surface area contributed by atoms with Crippen molar-refractivity contribution >= 4 is 35.7 Å². The maximum Gasteiger partial charge on any atom is 0.374 e. The molecule has 0 N–H and O–H groups in total. The molecule has 0 unspecified atom stereocenters. The summed E-state index contributed by atoms with van der Waals surface area (Å²) in [4.78, 5) is 74.8. The first-order valence-corrected chi connectivity index (χ1v) is 8.47. The van der Waals surface area contributed by atoms with Gasteiger partial charge in [0.05, 0.1) is 6.42 Å². The van der Waals surface area contributed by atoms with Gasteiger partial charge >= 0.3 is 23.9 Å². The number of hydroxylamine groups is 2. The molecule has 2 atom stereocenters. The lowest BCUT2D eigenvalue weighted by atomic mass is 10.2. The van der Waals surface area contributed by atoms with Crippen LogP contribution in [0, 0.1) is 0 Å². The summed E-state index contributed by atoms with van der Waals surface area (Å²) in [5.74, 6) is -5.54. The molecule has 156 valence electrons. The van der Waals surface area contributed by atoms with Crippen molar-refractivity contribution in [2.24, 2.45) is 0 Å². The Morgan fingerprint density at radius 2 is 1.54 bits per heavy atom. The van der Waals surface area contributed by atoms with Gasteiger partial charge in [0, 0.05) is 19.8 Å². The number of nitrogens with zero attached hydrogens (tertiary/aromatic N) is 1. The summed E-state index contributed by atoms with van der Waals surface area (Å²) in [6, 6.07) is 0. The van der Waals surface area contributed by atoms with Gasteiger partial charge in [-0.3, -0.25) is 19.2 Å². The molecule has 1 saturated heterocycles. The summed E-state index contributed by atoms with van der Waals surface area (Å²) >= 11 is 0. The van der Waals surface area contributed by atoms with E-state index in [1.165, 1.54) is 6.92 Å². The second-order valence-electron chi connectivity index (χ2n) is 6.96. The number of ether oxygens (including phenoxy) is 3. The average Bonchev–Trinajstić information content (AvgIpc) is 2.83. The number of imide groups is 1. The molecule has 0 radical (unpaired) electrons. The summed E-state index contributed by atoms with van der Waals surface area (Å²) in [5, 5.41) is 0.257. The largest absolute Gasteiger partial charge is 0.457 e. The minimum atomic E-state index is -1.77. The van der Waals surface area contributed by atoms with Gasteiger partial charge in [0.25, 0.3) is 11.8 Å². The Balaban J connectivity index is 2.71. The molecule has 1 heterocycles. The third kappa shape index (κ3) is 7.33. The Morgan fingerprint density at radius 3 is 2.00 bits per heavy atom. The van der Waals surface area contributed by atoms with Crippen LogP contribution in [0.2, 0.25) is 0 Å². The first-order valence-electron chi connectivity index (χ1n) is 8.47. The molecule has 0 aliphatic carbocycles. The molecule has 1 aliphatic heterocycles. The van der Waals surface area contributed by atoms with Gasteiger partial charge in [-0.15, -0.1) is 5.06 Å². The molecule has 0 aromatic rings. The van der Waals surface area contributed by atoms with Crippen LogP contribution in [-0.2, 0) is 47.8 Å². The SMILES string of the molecule is CC(=O)O[C@@H](CC(=O)O[C@@H](C)C(=O)OC(C)(C)C)C(=O)ON1C(=O)CCC1=O. The Hall–Kier alpha value is -2.98. The number of hydrogen-bond donors (Lipinski definition) is 0. The first kappa shape index (κ1) is 23.1. The molecule has 2 amide bonds. The first-order chi connectivity index (χ1) is 12.8. The van der Waals surface area contributed by atoms with Crippen molar-refractivity contribution in [2.45, 2.75) is 71.7 Å². The summed E-state index contributed by atoms with van der Waals surface area (Å²) in [7, 11) is 0. The highest BCUT2D eigenvalue weighted by atomic mass is 16.7. The molecule has 1 rings (SSSR count). The lowest BCUT2D eigenvalue weighted by Crippen LogP contribution is -2.40. The Labute approximate surface area is 161 Å². The Kier molecular flexibility index (Phi) is 7.65. The highest BCUT2D eigenvalue weighted by Crippen LogP contribution is 2.15. The van der Waals surface area contributed by atoms with E-state index in [1.807, 2.05) is 0 Å². The van der Waals surface area contributed by atoms with Crippen molar-refractivity contribution in [2.75, 3.05) is 0 Å². The van der Waals surface area contributed by atoms with Crippen molar-refractivity contribution < 1.29 is 47.8 Å². The van der Waals surface area contributed by atoms with E-state index >= 15 is 0 Å². The molecule has 0 aromatic carbocycles. The third-order valence-corrected chi connectivity index (χ3v) is 3.16. The number of rotatable bonds is 7. The summed E-state index contributed by atoms with van der Waals surface area (Å²) in [6.45, 7) is 7.15. The summed E-state index contributed by atoms with van der Waals surface area (Å²) in [5.41, 5.74) is -0.795. The minimum absolute atomic E-state index is 0.125. The normalized spacial score (nSPS) is 16.2. The van der Waals surface area contributed by atoms with Crippen molar-refractivity contribution in [3.05, 3.63) is 0 Å². The Morgan fingerprint density at radius 1 is 1.00 bits per heavy atom. The molecule has 1 aliphatic rings. The van der Waals surface area contributed by atoms with Crippen LogP contribution in [0.5, 0.6) is 0 Å². The zero-order chi connectivity index (χ0) is 21.6. The molecule has 0 saturated carbocycles. The fourth-order valence-corrected chi connectivity index (χ4v) is 2.01. The van der Waals surface area contributed by atoms with E-state index in [2.05, 4.69) is 4.84 Å². The van der Waals surface area contributed by atoms with Crippen LogP contribution in [0.15, 0.2) is 0 Å². The van der Waals surface area contributed by atoms with Gasteiger partial charge < -0.3 is 19.0 Å². The second-order valence-corrected chi connectivity index (χ2v) is 6.96. The topological polar surface area (TPSA) is 143 Å². The van der Waals surface area contributed by atoms with E-state index in [-0.39, 0.29) is 17.9 Å². The van der Waals surface area contributed by atoms with E-state index in [4.69, 9.17) is 14.2 Å². The number of amides is 2. The molecular formula is C17H23NO10. The number of esters is 3. The van der Waals surface area contributed by atoms with Gasteiger partial charge in [0.1, 0.15) is 5.60 Å². The highest BCUT2D eigenvalue weighted by molar-refractivity contribution is 6.02. The predicted molar refractivity (Wildman–Crippen MR) is 88.7 cm³/mol. The lowest BCUT2D eigenvalue weighted by Gasteiger charge is -2.23. The molecule has 0 bridgehead atoms. The monoisotopic (exact) mass is 401 g/mol. The minimum Gasteiger partial charge on any atom is -0.457 e. The van der Waals surface area contributed by atoms with E-state index < -0.39 is 59.9 Å². The van der Waals surface area contributed by atoms with Gasteiger partial charge in [0.2, 0.25) is 6.10 Å². The van der Waals surface area contributed by atoms with E-state index in [0.717, 1.165) is 6.92 Å². The molecular weight excluding hydrogens is 378 g/mol. The van der Waals surface area contributed by atoms with Crippen LogP contribution < -0.4 is 0 Å². The van der Waals surface area contributed by atoms with Crippen LogP contribution in [0.4, 0.5) is 0 Å². The smallest absolute Gasteiger partial charge is 0.374 e. The van der Waals surface area contributed by atoms with Gasteiger partial charge in [0.15, 0.2) is 6.10 Å². The lowest BCUT2D eigenvalue weighted by molar-refractivity contribution is -0.206. The fraction of sp³-hybridized carbons (Fsp3) is 0.647. The number of carbonyl (C=O) groups excluding carboxylic acids is 6. The molecule has 0 aromatic heterocycles. The van der Waals surface area contributed by atoms with Crippen molar-refractivity contribution in [1.29, 1.82) is 0 Å². The predicted octanol–water partition coefficient (Wildman–Crippen LogP) is 0.189. The molecule has 28 heavy (non-hydrogen) atoms. The molecule has 1 fully saturated rings. The fourth-order valence-electron chi connectivity index (χ4n) is 2.01. The van der Waals surface area contributed by atoms with Gasteiger partial charge in [-0.2, -0.15) is 0 Å². The summed E-state index contributed by atoms with van der Waals surface area (Å²) in [6.07, 6.45) is -4.08. The van der Waals surface area contributed by atoms with E-state index in [9.17, 15) is 28.8 Å². The summed E-state index contributed by atoms with van der Waals surface area (Å²) < 4.78 is 14.6. The van der Waals surface area contributed by atoms with Gasteiger partial charge in [-0.1, -0.05) is 0 Å². The van der Waals surface area contributed by atoms with Gasteiger partial charge in [-0.25, -0.2) is 9.59 Å². The van der Waals surface area contributed by atoms with E-state index in [0.29, 0.717) is 0 Å². The van der Waals surface area contributed by atoms with Crippen molar-refractivity contribution in [3.63, 3.8) is 0 Å². The van der Waals surface area contributed by atoms with Crippen LogP contribution >= 0.6 is 0 Å². The zero-order valence-electron chi connectivity index (χ0n) is 16.3. The van der Waals surface area contributed by atoms with E-state index in [1.54, 1.807) is 20.8 Å². The molecule has 11 nitrogen and oxygen atoms in total. The van der Waals surface area contributed by atoms with Crippen LogP contribution in [-0.4, -0.2) is 58.6 Å². The quantitative estimate of drug-likeness (QED) is 0.329. The van der Waals surface area contributed by atoms with Crippen molar-refractivity contribution in [3.8, 4) is 0 Å². The van der Waals surface area contributed by atoms with Gasteiger partial charge in [-0.05, 0) is 27.7 Å².